The first kappa shape index (κ1) is 19.2. The van der Waals surface area contributed by atoms with E-state index in [0.717, 1.165) is 5.56 Å². The number of para-hydroxylation sites is 1. The van der Waals surface area contributed by atoms with Gasteiger partial charge in [-0.1, -0.05) is 24.3 Å². The van der Waals surface area contributed by atoms with E-state index in [1.807, 2.05) is 6.07 Å². The van der Waals surface area contributed by atoms with E-state index in [2.05, 4.69) is 15.6 Å². The molecule has 0 atom stereocenters. The highest BCUT2D eigenvalue weighted by Crippen LogP contribution is 2.09. The zero-order valence-corrected chi connectivity index (χ0v) is 16.0. The third-order valence-electron chi connectivity index (χ3n) is 4.68. The van der Waals surface area contributed by atoms with E-state index in [1.54, 1.807) is 60.9 Å². The van der Waals surface area contributed by atoms with Gasteiger partial charge < -0.3 is 20.0 Å². The van der Waals surface area contributed by atoms with E-state index >= 15 is 0 Å². The molecule has 4 rings (SSSR count). The van der Waals surface area contributed by atoms with Crippen LogP contribution < -0.4 is 16.1 Å². The van der Waals surface area contributed by atoms with Crippen molar-refractivity contribution in [2.45, 2.75) is 13.1 Å². The number of hydrogen-bond donors (Lipinski definition) is 3. The molecule has 0 aliphatic rings. The predicted octanol–water partition coefficient (Wildman–Crippen LogP) is 2.98. The lowest BCUT2D eigenvalue weighted by atomic mass is 10.1. The Morgan fingerprint density at radius 1 is 0.900 bits per heavy atom. The highest BCUT2D eigenvalue weighted by molar-refractivity contribution is 5.97. The van der Waals surface area contributed by atoms with Gasteiger partial charge in [0.25, 0.3) is 11.8 Å². The Morgan fingerprint density at radius 2 is 1.73 bits per heavy atom. The molecule has 0 aliphatic heterocycles. The fraction of sp³-hybridized carbons (Fsp3) is 0.0870. The number of aromatic nitrogens is 1. The van der Waals surface area contributed by atoms with E-state index < -0.39 is 5.91 Å². The van der Waals surface area contributed by atoms with Crippen LogP contribution in [0.2, 0.25) is 0 Å². The molecule has 2 heterocycles. The van der Waals surface area contributed by atoms with Crippen molar-refractivity contribution in [1.82, 2.24) is 15.6 Å². The van der Waals surface area contributed by atoms with Crippen LogP contribution >= 0.6 is 0 Å². The molecule has 0 aliphatic carbocycles. The number of pyridine rings is 1. The van der Waals surface area contributed by atoms with Crippen LogP contribution in [0.5, 0.6) is 0 Å². The average molecular weight is 401 g/mol. The Balaban J connectivity index is 1.42. The van der Waals surface area contributed by atoms with Gasteiger partial charge in [-0.3, -0.25) is 14.4 Å². The van der Waals surface area contributed by atoms with E-state index in [4.69, 9.17) is 4.42 Å². The SMILES string of the molecule is O=C(NCc1ccco1)c1cccc(CNC(=O)c2c[nH]c3ccccc3c2=O)c1. The molecule has 7 heteroatoms. The Labute approximate surface area is 171 Å². The van der Waals surface area contributed by atoms with Crippen molar-refractivity contribution >= 4 is 22.7 Å². The van der Waals surface area contributed by atoms with Crippen LogP contribution in [-0.2, 0) is 13.1 Å². The highest BCUT2D eigenvalue weighted by Gasteiger charge is 2.13. The summed E-state index contributed by atoms with van der Waals surface area (Å²) in [6, 6.07) is 17.5. The summed E-state index contributed by atoms with van der Waals surface area (Å²) in [5.74, 6) is -0.0624. The molecule has 0 spiro atoms. The normalized spacial score (nSPS) is 10.7. The predicted molar refractivity (Wildman–Crippen MR) is 112 cm³/mol. The molecule has 0 radical (unpaired) electrons. The molecule has 3 N–H and O–H groups in total. The number of fused-ring (bicyclic) bond motifs is 1. The van der Waals surface area contributed by atoms with Crippen molar-refractivity contribution in [3.8, 4) is 0 Å². The summed E-state index contributed by atoms with van der Waals surface area (Å²) in [7, 11) is 0. The molecule has 0 saturated carbocycles. The topological polar surface area (TPSA) is 104 Å². The molecule has 2 aromatic heterocycles. The molecule has 0 fully saturated rings. The van der Waals surface area contributed by atoms with Crippen molar-refractivity contribution in [3.05, 3.63) is 106 Å². The summed E-state index contributed by atoms with van der Waals surface area (Å²) in [6.07, 6.45) is 2.96. The van der Waals surface area contributed by atoms with Crippen LogP contribution in [0.1, 0.15) is 32.0 Å². The molecule has 30 heavy (non-hydrogen) atoms. The largest absolute Gasteiger partial charge is 0.467 e. The average Bonchev–Trinajstić information content (AvgIpc) is 3.30. The summed E-state index contributed by atoms with van der Waals surface area (Å²) in [5.41, 5.74) is 1.60. The van der Waals surface area contributed by atoms with Crippen molar-refractivity contribution in [3.63, 3.8) is 0 Å². The van der Waals surface area contributed by atoms with E-state index in [9.17, 15) is 14.4 Å². The van der Waals surface area contributed by atoms with Gasteiger partial charge in [-0.2, -0.15) is 0 Å². The molecule has 2 aromatic carbocycles. The quantitative estimate of drug-likeness (QED) is 0.462. The lowest BCUT2D eigenvalue weighted by Gasteiger charge is -2.08. The molecule has 2 amide bonds. The van der Waals surface area contributed by atoms with Gasteiger partial charge in [0.15, 0.2) is 0 Å². The van der Waals surface area contributed by atoms with Crippen molar-refractivity contribution < 1.29 is 14.0 Å². The maximum absolute atomic E-state index is 12.6. The number of rotatable bonds is 6. The van der Waals surface area contributed by atoms with E-state index in [0.29, 0.717) is 22.2 Å². The van der Waals surface area contributed by atoms with E-state index in [-0.39, 0.29) is 30.0 Å². The number of carbonyl (C=O) groups is 2. The number of amides is 2. The van der Waals surface area contributed by atoms with Gasteiger partial charge in [0.2, 0.25) is 5.43 Å². The van der Waals surface area contributed by atoms with Crippen LogP contribution in [0.25, 0.3) is 10.9 Å². The summed E-state index contributed by atoms with van der Waals surface area (Å²) < 4.78 is 5.20. The first-order chi connectivity index (χ1) is 14.6. The number of benzene rings is 2. The Kier molecular flexibility index (Phi) is 5.43. The number of hydrogen-bond acceptors (Lipinski definition) is 4. The minimum atomic E-state index is -0.477. The zero-order valence-electron chi connectivity index (χ0n) is 16.0. The number of carbonyl (C=O) groups excluding carboxylic acids is 2. The van der Waals surface area contributed by atoms with Crippen molar-refractivity contribution in [2.75, 3.05) is 0 Å². The van der Waals surface area contributed by atoms with Crippen LogP contribution in [-0.4, -0.2) is 16.8 Å². The van der Waals surface area contributed by atoms with Gasteiger partial charge >= 0.3 is 0 Å². The molecule has 0 bridgehead atoms. The van der Waals surface area contributed by atoms with Gasteiger partial charge in [-0.15, -0.1) is 0 Å². The van der Waals surface area contributed by atoms with Crippen molar-refractivity contribution in [2.24, 2.45) is 0 Å². The summed E-state index contributed by atoms with van der Waals surface area (Å²) >= 11 is 0. The second-order valence-corrected chi connectivity index (χ2v) is 6.72. The monoisotopic (exact) mass is 401 g/mol. The van der Waals surface area contributed by atoms with Gasteiger partial charge in [0.05, 0.1) is 12.8 Å². The van der Waals surface area contributed by atoms with Crippen LogP contribution in [0, 0.1) is 0 Å². The van der Waals surface area contributed by atoms with Gasteiger partial charge in [0.1, 0.15) is 11.3 Å². The standard InChI is InChI=1S/C23H19N3O4/c27-21-18-8-1-2-9-20(18)24-14-19(21)23(29)25-12-15-5-3-6-16(11-15)22(28)26-13-17-7-4-10-30-17/h1-11,14H,12-13H2,(H,24,27)(H,25,29)(H,26,28). The molecular weight excluding hydrogens is 382 g/mol. The maximum atomic E-state index is 12.6. The Hall–Kier alpha value is -4.13. The molecule has 0 saturated heterocycles. The van der Waals surface area contributed by atoms with Gasteiger partial charge in [0, 0.05) is 29.2 Å². The lowest BCUT2D eigenvalue weighted by Crippen LogP contribution is -2.28. The smallest absolute Gasteiger partial charge is 0.257 e. The van der Waals surface area contributed by atoms with Crippen LogP contribution in [0.15, 0.2) is 82.3 Å². The fourth-order valence-electron chi connectivity index (χ4n) is 3.12. The second-order valence-electron chi connectivity index (χ2n) is 6.72. The molecule has 150 valence electrons. The summed E-state index contributed by atoms with van der Waals surface area (Å²) in [5, 5.41) is 5.97. The molecule has 0 unspecified atom stereocenters. The summed E-state index contributed by atoms with van der Waals surface area (Å²) in [6.45, 7) is 0.474. The van der Waals surface area contributed by atoms with E-state index in [1.165, 1.54) is 6.20 Å². The molecular formula is C23H19N3O4. The van der Waals surface area contributed by atoms with Gasteiger partial charge in [-0.25, -0.2) is 0 Å². The summed E-state index contributed by atoms with van der Waals surface area (Å²) in [4.78, 5) is 40.4. The Bertz CT molecular complexity index is 1260. The molecule has 7 nitrogen and oxygen atoms in total. The van der Waals surface area contributed by atoms with Crippen molar-refractivity contribution in [1.29, 1.82) is 0 Å². The van der Waals surface area contributed by atoms with Crippen LogP contribution in [0.4, 0.5) is 0 Å². The molecule has 4 aromatic rings. The van der Waals surface area contributed by atoms with Crippen LogP contribution in [0.3, 0.4) is 0 Å². The first-order valence-electron chi connectivity index (χ1n) is 9.40. The minimum Gasteiger partial charge on any atom is -0.467 e. The number of aromatic amines is 1. The maximum Gasteiger partial charge on any atom is 0.257 e. The third-order valence-corrected chi connectivity index (χ3v) is 4.68. The zero-order chi connectivity index (χ0) is 20.9. The Morgan fingerprint density at radius 3 is 2.57 bits per heavy atom. The third kappa shape index (κ3) is 4.15. The number of H-pyrrole nitrogens is 1. The fourth-order valence-corrected chi connectivity index (χ4v) is 3.12. The first-order valence-corrected chi connectivity index (χ1v) is 9.40. The minimum absolute atomic E-state index is 0.0426. The number of furan rings is 1. The van der Waals surface area contributed by atoms with Gasteiger partial charge in [-0.05, 0) is 42.0 Å². The lowest BCUT2D eigenvalue weighted by molar-refractivity contribution is 0.0943. The highest BCUT2D eigenvalue weighted by atomic mass is 16.3. The second kappa shape index (κ2) is 8.48. The number of nitrogens with one attached hydrogen (secondary N) is 3.